The Bertz CT molecular complexity index is 952. The van der Waals surface area contributed by atoms with Gasteiger partial charge >= 0.3 is 0 Å². The number of aliphatic hydroxyl groups excluding tert-OH is 1. The summed E-state index contributed by atoms with van der Waals surface area (Å²) in [6, 6.07) is 15.6. The first-order chi connectivity index (χ1) is 12.0. The molecule has 0 saturated carbocycles. The summed E-state index contributed by atoms with van der Waals surface area (Å²) >= 11 is 11.8. The molecule has 124 valence electrons. The number of nitrogens with zero attached hydrogens (tertiary/aromatic N) is 2. The summed E-state index contributed by atoms with van der Waals surface area (Å²) < 4.78 is 0. The average molecular weight is 371 g/mol. The highest BCUT2D eigenvalue weighted by Crippen LogP contribution is 2.30. The Labute approximate surface area is 154 Å². The number of nitrogens with one attached hydrogen (secondary N) is 1. The lowest BCUT2D eigenvalue weighted by atomic mass is 9.97. The van der Waals surface area contributed by atoms with Crippen LogP contribution in [0.15, 0.2) is 65.1 Å². The minimum atomic E-state index is -0.165. The van der Waals surface area contributed by atoms with Crippen molar-refractivity contribution in [1.29, 1.82) is 5.26 Å². The van der Waals surface area contributed by atoms with Crippen LogP contribution in [0.1, 0.15) is 11.1 Å². The summed E-state index contributed by atoms with van der Waals surface area (Å²) in [6.07, 6.45) is 0. The Morgan fingerprint density at radius 2 is 1.60 bits per heavy atom. The fraction of sp³-hybridized carbons (Fsp3) is 0. The van der Waals surface area contributed by atoms with Crippen molar-refractivity contribution in [2.24, 2.45) is 10.8 Å². The van der Waals surface area contributed by atoms with Crippen LogP contribution in [0.3, 0.4) is 0 Å². The van der Waals surface area contributed by atoms with Gasteiger partial charge in [-0.1, -0.05) is 47.5 Å². The monoisotopic (exact) mass is 370 g/mol. The normalized spacial score (nSPS) is 16.0. The lowest BCUT2D eigenvalue weighted by Crippen LogP contribution is -2.27. The third kappa shape index (κ3) is 3.31. The van der Waals surface area contributed by atoms with Crippen molar-refractivity contribution >= 4 is 40.2 Å². The van der Waals surface area contributed by atoms with E-state index in [0.29, 0.717) is 26.7 Å². The number of allylic oxidation sites excluding steroid dienone is 1. The Kier molecular flexibility index (Phi) is 4.66. The first-order valence-corrected chi connectivity index (χ1v) is 7.96. The molecule has 25 heavy (non-hydrogen) atoms. The van der Waals surface area contributed by atoms with Crippen LogP contribution in [-0.2, 0) is 0 Å². The molecule has 5 nitrogen and oxygen atoms in total. The third-order valence-corrected chi connectivity index (χ3v) is 4.15. The van der Waals surface area contributed by atoms with E-state index in [1.165, 1.54) is 0 Å². The second-order valence-corrected chi connectivity index (χ2v) is 6.08. The van der Waals surface area contributed by atoms with Crippen LogP contribution in [0, 0.1) is 11.3 Å². The molecule has 7 heteroatoms. The van der Waals surface area contributed by atoms with Crippen LogP contribution >= 0.6 is 23.2 Å². The Morgan fingerprint density at radius 3 is 2.16 bits per heavy atom. The van der Waals surface area contributed by atoms with Crippen LogP contribution in [-0.4, -0.2) is 10.9 Å². The highest BCUT2D eigenvalue weighted by atomic mass is 35.5. The number of aliphatic hydroxyl groups is 1. The Hall–Kier alpha value is -2.94. The fourth-order valence-corrected chi connectivity index (χ4v) is 2.68. The van der Waals surface area contributed by atoms with Gasteiger partial charge in [0.05, 0.1) is 11.1 Å². The van der Waals surface area contributed by atoms with Crippen LogP contribution < -0.4 is 11.2 Å². The van der Waals surface area contributed by atoms with Crippen molar-refractivity contribution in [1.82, 2.24) is 5.43 Å². The predicted molar refractivity (Wildman–Crippen MR) is 99.7 cm³/mol. The molecule has 3 rings (SSSR count). The van der Waals surface area contributed by atoms with Gasteiger partial charge < -0.3 is 10.8 Å². The van der Waals surface area contributed by atoms with Gasteiger partial charge in [0.25, 0.3) is 0 Å². The molecule has 0 spiro atoms. The van der Waals surface area contributed by atoms with Crippen molar-refractivity contribution < 1.29 is 5.11 Å². The van der Waals surface area contributed by atoms with E-state index in [9.17, 15) is 10.4 Å². The molecule has 0 saturated heterocycles. The Morgan fingerprint density at radius 1 is 1.04 bits per heavy atom. The fourth-order valence-electron chi connectivity index (χ4n) is 2.43. The van der Waals surface area contributed by atoms with E-state index in [1.807, 2.05) is 0 Å². The minimum Gasteiger partial charge on any atom is -0.505 e. The van der Waals surface area contributed by atoms with E-state index in [4.69, 9.17) is 28.9 Å². The van der Waals surface area contributed by atoms with Gasteiger partial charge in [-0.2, -0.15) is 10.4 Å². The number of nitrogens with two attached hydrogens (primary N) is 1. The maximum Gasteiger partial charge on any atom is 0.155 e. The molecular formula is C18H12Cl2N4O. The van der Waals surface area contributed by atoms with Gasteiger partial charge in [0.2, 0.25) is 0 Å². The molecule has 1 aliphatic heterocycles. The molecule has 0 unspecified atom stereocenters. The van der Waals surface area contributed by atoms with E-state index in [2.05, 4.69) is 16.6 Å². The first-order valence-electron chi connectivity index (χ1n) is 7.20. The van der Waals surface area contributed by atoms with Crippen molar-refractivity contribution in [2.45, 2.75) is 0 Å². The van der Waals surface area contributed by atoms with Crippen LogP contribution in [0.4, 0.5) is 0 Å². The highest BCUT2D eigenvalue weighted by molar-refractivity contribution is 6.31. The quantitative estimate of drug-likeness (QED) is 0.694. The average Bonchev–Trinajstić information content (AvgIpc) is 2.60. The van der Waals surface area contributed by atoms with E-state index < -0.39 is 0 Å². The lowest BCUT2D eigenvalue weighted by Gasteiger charge is -2.20. The standard InChI is InChI=1S/C18H12Cl2N4O/c19-12-5-1-10(2-6-12)14(9-21)16-17(25)15(18(22)24-23-16)11-3-7-13(20)8-4-11/h1-8,23,25H,(H2,22,24)/b16-14+. The van der Waals surface area contributed by atoms with Crippen molar-refractivity contribution in [3.8, 4) is 6.07 Å². The lowest BCUT2D eigenvalue weighted by molar-refractivity contribution is 0.417. The molecule has 2 aromatic rings. The molecule has 4 N–H and O–H groups in total. The molecule has 2 aromatic carbocycles. The van der Waals surface area contributed by atoms with Gasteiger partial charge in [0, 0.05) is 10.0 Å². The van der Waals surface area contributed by atoms with Gasteiger partial charge in [-0.05, 0) is 35.4 Å². The van der Waals surface area contributed by atoms with Gasteiger partial charge in [0.15, 0.2) is 11.6 Å². The van der Waals surface area contributed by atoms with E-state index in [0.717, 1.165) is 0 Å². The zero-order chi connectivity index (χ0) is 18.0. The number of rotatable bonds is 2. The second kappa shape index (κ2) is 6.89. The van der Waals surface area contributed by atoms with E-state index in [1.54, 1.807) is 48.5 Å². The summed E-state index contributed by atoms with van der Waals surface area (Å²) in [7, 11) is 0. The molecule has 0 aliphatic carbocycles. The van der Waals surface area contributed by atoms with Crippen LogP contribution in [0.25, 0.3) is 11.1 Å². The number of hydrogen-bond acceptors (Lipinski definition) is 5. The number of hydrazone groups is 1. The maximum atomic E-state index is 10.7. The summed E-state index contributed by atoms with van der Waals surface area (Å²) in [5.41, 5.74) is 10.5. The summed E-state index contributed by atoms with van der Waals surface area (Å²) in [6.45, 7) is 0. The van der Waals surface area contributed by atoms with Crippen LogP contribution in [0.5, 0.6) is 0 Å². The number of benzene rings is 2. The summed E-state index contributed by atoms with van der Waals surface area (Å²) in [5, 5.41) is 25.4. The van der Waals surface area contributed by atoms with Crippen LogP contribution in [0.2, 0.25) is 10.0 Å². The minimum absolute atomic E-state index is 0.108. The third-order valence-electron chi connectivity index (χ3n) is 3.65. The van der Waals surface area contributed by atoms with Gasteiger partial charge in [0.1, 0.15) is 11.8 Å². The highest BCUT2D eigenvalue weighted by Gasteiger charge is 2.24. The van der Waals surface area contributed by atoms with Gasteiger partial charge in [-0.15, -0.1) is 0 Å². The molecule has 0 amide bonds. The van der Waals surface area contributed by atoms with E-state index >= 15 is 0 Å². The molecule has 0 aromatic heterocycles. The molecule has 0 fully saturated rings. The zero-order valence-electron chi connectivity index (χ0n) is 12.8. The maximum absolute atomic E-state index is 10.7. The van der Waals surface area contributed by atoms with Gasteiger partial charge in [-0.25, -0.2) is 0 Å². The predicted octanol–water partition coefficient (Wildman–Crippen LogP) is 4.07. The molecule has 0 radical (unpaired) electrons. The molecule has 1 aliphatic rings. The van der Waals surface area contributed by atoms with Crippen molar-refractivity contribution in [3.63, 3.8) is 0 Å². The largest absolute Gasteiger partial charge is 0.505 e. The summed E-state index contributed by atoms with van der Waals surface area (Å²) in [5.74, 6) is -0.0571. The Balaban J connectivity index is 2.18. The number of halogens is 2. The summed E-state index contributed by atoms with van der Waals surface area (Å²) in [4.78, 5) is 0. The van der Waals surface area contributed by atoms with E-state index in [-0.39, 0.29) is 22.9 Å². The SMILES string of the molecule is N#C/C(=C1\NN=C(N)C(c2ccc(Cl)cc2)=C1O)c1ccc(Cl)cc1. The van der Waals surface area contributed by atoms with Crippen molar-refractivity contribution in [3.05, 3.63) is 81.2 Å². The van der Waals surface area contributed by atoms with Gasteiger partial charge in [-0.3, -0.25) is 5.43 Å². The topological polar surface area (TPSA) is 94.4 Å². The number of amidine groups is 1. The zero-order valence-corrected chi connectivity index (χ0v) is 14.3. The number of hydrogen-bond donors (Lipinski definition) is 3. The first kappa shape index (κ1) is 16.9. The smallest absolute Gasteiger partial charge is 0.155 e. The molecule has 1 heterocycles. The molecular weight excluding hydrogens is 359 g/mol. The molecule has 0 atom stereocenters. The van der Waals surface area contributed by atoms with Crippen molar-refractivity contribution in [2.75, 3.05) is 0 Å². The number of nitriles is 1. The second-order valence-electron chi connectivity index (χ2n) is 5.21. The molecule has 0 bridgehead atoms.